The molecule has 0 aromatic heterocycles. The third kappa shape index (κ3) is 4.08. The third-order valence-electron chi connectivity index (χ3n) is 3.91. The van der Waals surface area contributed by atoms with Crippen LogP contribution in [0.5, 0.6) is 0 Å². The number of halogens is 1. The maximum Gasteiger partial charge on any atom is 0.237 e. The monoisotopic (exact) mass is 288 g/mol. The van der Waals surface area contributed by atoms with E-state index < -0.39 is 0 Å². The van der Waals surface area contributed by atoms with Crippen molar-refractivity contribution in [1.82, 2.24) is 9.80 Å². The molecule has 0 aromatic rings. The molecule has 0 bridgehead atoms. The van der Waals surface area contributed by atoms with Crippen LogP contribution in [0.15, 0.2) is 0 Å². The molecule has 0 spiro atoms. The van der Waals surface area contributed by atoms with Gasteiger partial charge in [0.25, 0.3) is 0 Å². The molecule has 0 unspecified atom stereocenters. The van der Waals surface area contributed by atoms with Gasteiger partial charge in [0.2, 0.25) is 11.8 Å². The van der Waals surface area contributed by atoms with Gasteiger partial charge in [0, 0.05) is 32.6 Å². The first-order valence-corrected chi connectivity index (χ1v) is 7.43. The van der Waals surface area contributed by atoms with Crippen LogP contribution < -0.4 is 0 Å². The van der Waals surface area contributed by atoms with Gasteiger partial charge in [-0.3, -0.25) is 9.59 Å². The van der Waals surface area contributed by atoms with E-state index >= 15 is 0 Å². The van der Waals surface area contributed by atoms with Crippen molar-refractivity contribution in [2.45, 2.75) is 19.3 Å². The molecule has 2 heterocycles. The number of ether oxygens (including phenoxy) is 1. The molecule has 2 amide bonds. The van der Waals surface area contributed by atoms with E-state index in [9.17, 15) is 9.59 Å². The smallest absolute Gasteiger partial charge is 0.237 e. The lowest BCUT2D eigenvalue weighted by Crippen LogP contribution is -2.43. The van der Waals surface area contributed by atoms with Crippen LogP contribution in [0.3, 0.4) is 0 Å². The number of amides is 2. The summed E-state index contributed by atoms with van der Waals surface area (Å²) in [5.41, 5.74) is 0. The van der Waals surface area contributed by atoms with E-state index in [1.807, 2.05) is 4.90 Å². The average Bonchev–Trinajstić information content (AvgIpc) is 2.48. The molecule has 5 nitrogen and oxygen atoms in total. The summed E-state index contributed by atoms with van der Waals surface area (Å²) in [6.07, 6.45) is 2.40. The highest BCUT2D eigenvalue weighted by Gasteiger charge is 2.26. The highest BCUT2D eigenvalue weighted by molar-refractivity contribution is 6.27. The van der Waals surface area contributed by atoms with Gasteiger partial charge in [-0.15, -0.1) is 11.6 Å². The molecule has 0 aliphatic carbocycles. The van der Waals surface area contributed by atoms with Crippen molar-refractivity contribution in [2.75, 3.05) is 45.3 Å². The Hall–Kier alpha value is -0.810. The number of rotatable bonds is 3. The SMILES string of the molecule is O=C(CCl)N1CCC(CC(=O)N2CCOCC2)CC1. The first-order chi connectivity index (χ1) is 9.20. The normalized spacial score (nSPS) is 21.5. The van der Waals surface area contributed by atoms with Gasteiger partial charge in [0.1, 0.15) is 5.88 Å². The predicted octanol–water partition coefficient (Wildman–Crippen LogP) is 0.713. The van der Waals surface area contributed by atoms with Crippen LogP contribution in [0.4, 0.5) is 0 Å². The molecule has 19 heavy (non-hydrogen) atoms. The molecule has 2 saturated heterocycles. The average molecular weight is 289 g/mol. The van der Waals surface area contributed by atoms with E-state index in [0.717, 1.165) is 25.9 Å². The minimum Gasteiger partial charge on any atom is -0.378 e. The van der Waals surface area contributed by atoms with Gasteiger partial charge in [-0.25, -0.2) is 0 Å². The van der Waals surface area contributed by atoms with E-state index in [4.69, 9.17) is 16.3 Å². The molecular formula is C13H21ClN2O3. The van der Waals surface area contributed by atoms with Gasteiger partial charge in [-0.2, -0.15) is 0 Å². The fraction of sp³-hybridized carbons (Fsp3) is 0.846. The van der Waals surface area contributed by atoms with Gasteiger partial charge in [-0.05, 0) is 18.8 Å². The molecule has 0 N–H and O–H groups in total. The Bertz CT molecular complexity index is 324. The van der Waals surface area contributed by atoms with E-state index in [1.165, 1.54) is 0 Å². The third-order valence-corrected chi connectivity index (χ3v) is 4.14. The minimum absolute atomic E-state index is 0.000350. The zero-order chi connectivity index (χ0) is 13.7. The van der Waals surface area contributed by atoms with Crippen molar-refractivity contribution in [3.63, 3.8) is 0 Å². The summed E-state index contributed by atoms with van der Waals surface area (Å²) in [7, 11) is 0. The number of hydrogen-bond donors (Lipinski definition) is 0. The summed E-state index contributed by atoms with van der Waals surface area (Å²) in [4.78, 5) is 27.2. The Morgan fingerprint density at radius 2 is 1.58 bits per heavy atom. The molecule has 0 aromatic carbocycles. The lowest BCUT2D eigenvalue weighted by atomic mass is 9.93. The van der Waals surface area contributed by atoms with Gasteiger partial charge in [-0.1, -0.05) is 0 Å². The number of alkyl halides is 1. The Balaban J connectivity index is 1.72. The number of piperidine rings is 1. The maximum absolute atomic E-state index is 12.1. The van der Waals surface area contributed by atoms with Crippen LogP contribution in [0.25, 0.3) is 0 Å². The van der Waals surface area contributed by atoms with Gasteiger partial charge in [0.05, 0.1) is 13.2 Å². The lowest BCUT2D eigenvalue weighted by molar-refractivity contribution is -0.136. The topological polar surface area (TPSA) is 49.9 Å². The molecule has 2 fully saturated rings. The molecule has 2 aliphatic rings. The lowest BCUT2D eigenvalue weighted by Gasteiger charge is -2.33. The fourth-order valence-electron chi connectivity index (χ4n) is 2.66. The van der Waals surface area contributed by atoms with Crippen LogP contribution in [-0.4, -0.2) is 66.9 Å². The highest BCUT2D eigenvalue weighted by Crippen LogP contribution is 2.21. The fourth-order valence-corrected chi connectivity index (χ4v) is 2.83. The zero-order valence-corrected chi connectivity index (χ0v) is 11.9. The molecular weight excluding hydrogens is 268 g/mol. The number of morpholine rings is 1. The molecule has 2 aliphatic heterocycles. The van der Waals surface area contributed by atoms with E-state index in [0.29, 0.717) is 38.6 Å². The Morgan fingerprint density at radius 3 is 2.16 bits per heavy atom. The van der Waals surface area contributed by atoms with E-state index in [-0.39, 0.29) is 17.7 Å². The number of carbonyl (C=O) groups is 2. The Kier molecular flexibility index (Phi) is 5.45. The van der Waals surface area contributed by atoms with Crippen molar-refractivity contribution >= 4 is 23.4 Å². The Morgan fingerprint density at radius 1 is 1.00 bits per heavy atom. The zero-order valence-electron chi connectivity index (χ0n) is 11.1. The van der Waals surface area contributed by atoms with Crippen molar-refractivity contribution in [1.29, 1.82) is 0 Å². The van der Waals surface area contributed by atoms with Crippen LogP contribution in [0.1, 0.15) is 19.3 Å². The molecule has 108 valence electrons. The second-order valence-electron chi connectivity index (χ2n) is 5.16. The van der Waals surface area contributed by atoms with Gasteiger partial charge < -0.3 is 14.5 Å². The molecule has 0 radical (unpaired) electrons. The minimum atomic E-state index is -0.000350. The van der Waals surface area contributed by atoms with E-state index in [1.54, 1.807) is 4.90 Å². The summed E-state index contributed by atoms with van der Waals surface area (Å²) in [5, 5.41) is 0. The largest absolute Gasteiger partial charge is 0.378 e. The predicted molar refractivity (Wildman–Crippen MR) is 72.0 cm³/mol. The second-order valence-corrected chi connectivity index (χ2v) is 5.42. The summed E-state index contributed by atoms with van der Waals surface area (Å²) in [6, 6.07) is 0. The number of hydrogen-bond acceptors (Lipinski definition) is 3. The maximum atomic E-state index is 12.1. The van der Waals surface area contributed by atoms with E-state index in [2.05, 4.69) is 0 Å². The van der Waals surface area contributed by atoms with Crippen molar-refractivity contribution in [3.8, 4) is 0 Å². The standard InChI is InChI=1S/C13H21ClN2O3/c14-10-13(18)15-3-1-11(2-4-15)9-12(17)16-5-7-19-8-6-16/h11H,1-10H2. The van der Waals surface area contributed by atoms with Crippen LogP contribution in [0.2, 0.25) is 0 Å². The van der Waals surface area contributed by atoms with Crippen molar-refractivity contribution < 1.29 is 14.3 Å². The summed E-state index contributed by atoms with van der Waals surface area (Å²) >= 11 is 5.54. The number of nitrogens with zero attached hydrogens (tertiary/aromatic N) is 2. The van der Waals surface area contributed by atoms with Crippen molar-refractivity contribution in [2.24, 2.45) is 5.92 Å². The second kappa shape index (κ2) is 7.10. The Labute approximate surface area is 118 Å². The molecule has 0 saturated carbocycles. The van der Waals surface area contributed by atoms with Crippen LogP contribution in [0, 0.1) is 5.92 Å². The van der Waals surface area contributed by atoms with Crippen LogP contribution >= 0.6 is 11.6 Å². The number of likely N-dealkylation sites (tertiary alicyclic amines) is 1. The summed E-state index contributed by atoms with van der Waals surface area (Å²) in [6.45, 7) is 4.17. The summed E-state index contributed by atoms with van der Waals surface area (Å²) < 4.78 is 5.24. The van der Waals surface area contributed by atoms with Crippen molar-refractivity contribution in [3.05, 3.63) is 0 Å². The quantitative estimate of drug-likeness (QED) is 0.719. The van der Waals surface area contributed by atoms with Gasteiger partial charge >= 0.3 is 0 Å². The molecule has 2 rings (SSSR count). The highest BCUT2D eigenvalue weighted by atomic mass is 35.5. The molecule has 6 heteroatoms. The first-order valence-electron chi connectivity index (χ1n) is 6.90. The van der Waals surface area contributed by atoms with Crippen LogP contribution in [-0.2, 0) is 14.3 Å². The first kappa shape index (κ1) is 14.6. The summed E-state index contributed by atoms with van der Waals surface area (Å²) in [5.74, 6) is 0.678. The molecule has 0 atom stereocenters. The van der Waals surface area contributed by atoms with Gasteiger partial charge in [0.15, 0.2) is 0 Å². The number of carbonyl (C=O) groups excluding carboxylic acids is 2.